The summed E-state index contributed by atoms with van der Waals surface area (Å²) in [6.07, 6.45) is 9.92. The van der Waals surface area contributed by atoms with E-state index in [2.05, 4.69) is 29.3 Å². The lowest BCUT2D eigenvalue weighted by Gasteiger charge is -2.33. The first-order chi connectivity index (χ1) is 18.1. The molecule has 4 heteroatoms. The van der Waals surface area contributed by atoms with Gasteiger partial charge in [-0.3, -0.25) is 4.79 Å². The van der Waals surface area contributed by atoms with Gasteiger partial charge in [-0.25, -0.2) is 0 Å². The fraction of sp³-hybridized carbons (Fsp3) is 0.424. The van der Waals surface area contributed by atoms with Gasteiger partial charge in [0.25, 0.3) is 5.91 Å². The maximum atomic E-state index is 12.6. The Morgan fingerprint density at radius 3 is 2.30 bits per heavy atom. The van der Waals surface area contributed by atoms with Gasteiger partial charge in [0, 0.05) is 17.1 Å². The molecule has 1 aliphatic heterocycles. The number of hydrogen-bond acceptors (Lipinski definition) is 2. The maximum absolute atomic E-state index is 12.6. The quantitative estimate of drug-likeness (QED) is 0.314. The van der Waals surface area contributed by atoms with Crippen LogP contribution in [0.5, 0.6) is 0 Å². The number of hydrogen-bond donors (Lipinski definition) is 1. The molecule has 0 aromatic heterocycles. The van der Waals surface area contributed by atoms with Crippen LogP contribution in [0.25, 0.3) is 11.1 Å². The van der Waals surface area contributed by atoms with Gasteiger partial charge in [-0.1, -0.05) is 48.0 Å². The summed E-state index contributed by atoms with van der Waals surface area (Å²) in [7, 11) is 0. The number of unbranched alkanes of at least 4 members (excludes halogenated alkanes) is 1. The number of benzene rings is 3. The summed E-state index contributed by atoms with van der Waals surface area (Å²) in [4.78, 5) is 15.2. The van der Waals surface area contributed by atoms with Gasteiger partial charge in [-0.15, -0.1) is 0 Å². The molecular weight excluding hydrogens is 476 g/mol. The summed E-state index contributed by atoms with van der Waals surface area (Å²) in [5.74, 6) is 0.720. The normalized spacial score (nSPS) is 16.4. The Balaban J connectivity index is 1.01. The van der Waals surface area contributed by atoms with Crippen molar-refractivity contribution >= 4 is 17.5 Å². The van der Waals surface area contributed by atoms with Crippen molar-refractivity contribution in [2.24, 2.45) is 0 Å². The van der Waals surface area contributed by atoms with Crippen LogP contribution in [0.2, 0.25) is 5.02 Å². The van der Waals surface area contributed by atoms with Crippen molar-refractivity contribution in [2.45, 2.75) is 64.2 Å². The first-order valence-electron chi connectivity index (χ1n) is 14.1. The van der Waals surface area contributed by atoms with E-state index in [1.165, 1.54) is 51.6 Å². The molecule has 194 valence electrons. The molecule has 3 aromatic rings. The van der Waals surface area contributed by atoms with Gasteiger partial charge in [-0.2, -0.15) is 0 Å². The van der Waals surface area contributed by atoms with E-state index < -0.39 is 0 Å². The summed E-state index contributed by atoms with van der Waals surface area (Å²) in [5.41, 5.74) is 9.35. The Kier molecular flexibility index (Phi) is 8.63. The number of carbonyl (C=O) groups is 1. The second kappa shape index (κ2) is 12.3. The van der Waals surface area contributed by atoms with E-state index in [0.29, 0.717) is 11.5 Å². The van der Waals surface area contributed by atoms with E-state index in [0.717, 1.165) is 42.1 Å². The van der Waals surface area contributed by atoms with Crippen molar-refractivity contribution < 1.29 is 4.79 Å². The van der Waals surface area contributed by atoms with Gasteiger partial charge in [0.15, 0.2) is 0 Å². The Morgan fingerprint density at radius 2 is 1.57 bits per heavy atom. The van der Waals surface area contributed by atoms with Crippen LogP contribution >= 0.6 is 11.6 Å². The number of piperidine rings is 1. The minimum Gasteiger partial charge on any atom is -0.352 e. The minimum absolute atomic E-state index is 0.00360. The standard InChI is InChI=1S/C33H39ClN2O/c1-24-31-7-3-2-6-27(31)14-17-32(24)28-18-22-36(23-19-28)21-5-4-20-35-33(37)29-10-8-25(9-11-29)26-12-15-30(34)16-13-26/h8-17,28H,2-7,18-23H2,1H3,(H,35,37). The second-order valence-electron chi connectivity index (χ2n) is 10.8. The molecule has 1 amide bonds. The molecule has 0 bridgehead atoms. The number of fused-ring (bicyclic) bond motifs is 1. The van der Waals surface area contributed by atoms with E-state index in [4.69, 9.17) is 11.6 Å². The first-order valence-corrected chi connectivity index (χ1v) is 14.4. The monoisotopic (exact) mass is 514 g/mol. The first kappa shape index (κ1) is 26.0. The molecule has 0 radical (unpaired) electrons. The maximum Gasteiger partial charge on any atom is 0.251 e. The van der Waals surface area contributed by atoms with Gasteiger partial charge < -0.3 is 10.2 Å². The van der Waals surface area contributed by atoms with Gasteiger partial charge >= 0.3 is 0 Å². The topological polar surface area (TPSA) is 32.3 Å². The molecule has 3 nitrogen and oxygen atoms in total. The largest absolute Gasteiger partial charge is 0.352 e. The highest BCUT2D eigenvalue weighted by Gasteiger charge is 2.23. The Bertz CT molecular complexity index is 1190. The van der Waals surface area contributed by atoms with Crippen molar-refractivity contribution in [3.8, 4) is 11.1 Å². The molecule has 1 aliphatic carbocycles. The lowest BCUT2D eigenvalue weighted by Crippen LogP contribution is -2.34. The molecule has 1 N–H and O–H groups in total. The number of amides is 1. The van der Waals surface area contributed by atoms with E-state index in [1.54, 1.807) is 22.3 Å². The average molecular weight is 515 g/mol. The van der Waals surface area contributed by atoms with Gasteiger partial charge in [0.05, 0.1) is 0 Å². The molecule has 2 aliphatic rings. The second-order valence-corrected chi connectivity index (χ2v) is 11.2. The zero-order valence-corrected chi connectivity index (χ0v) is 22.8. The van der Waals surface area contributed by atoms with Crippen molar-refractivity contribution in [1.29, 1.82) is 0 Å². The Morgan fingerprint density at radius 1 is 0.892 bits per heavy atom. The SMILES string of the molecule is Cc1c(C2CCN(CCCCNC(=O)c3ccc(-c4ccc(Cl)cc4)cc3)CC2)ccc2c1CCCC2. The number of halogens is 1. The van der Waals surface area contributed by atoms with Gasteiger partial charge in [0.1, 0.15) is 0 Å². The number of nitrogens with one attached hydrogen (secondary N) is 1. The van der Waals surface area contributed by atoms with Crippen molar-refractivity contribution in [3.05, 3.63) is 93.5 Å². The summed E-state index contributed by atoms with van der Waals surface area (Å²) in [6, 6.07) is 20.4. The molecule has 5 rings (SSSR count). The van der Waals surface area contributed by atoms with E-state index in [9.17, 15) is 4.79 Å². The van der Waals surface area contributed by atoms with Crippen LogP contribution in [0, 0.1) is 6.92 Å². The minimum atomic E-state index is 0.00360. The molecule has 1 heterocycles. The van der Waals surface area contributed by atoms with Crippen LogP contribution in [0.1, 0.15) is 77.1 Å². The zero-order valence-electron chi connectivity index (χ0n) is 22.1. The number of likely N-dealkylation sites (tertiary alicyclic amines) is 1. The third kappa shape index (κ3) is 6.45. The predicted molar refractivity (Wildman–Crippen MR) is 155 cm³/mol. The van der Waals surface area contributed by atoms with Crippen LogP contribution in [0.3, 0.4) is 0 Å². The summed E-state index contributed by atoms with van der Waals surface area (Å²) in [6.45, 7) is 6.60. The van der Waals surface area contributed by atoms with Crippen molar-refractivity contribution in [2.75, 3.05) is 26.2 Å². The highest BCUT2D eigenvalue weighted by molar-refractivity contribution is 6.30. The lowest BCUT2D eigenvalue weighted by atomic mass is 9.80. The van der Waals surface area contributed by atoms with Crippen molar-refractivity contribution in [3.63, 3.8) is 0 Å². The molecule has 0 atom stereocenters. The molecular formula is C33H39ClN2O. The van der Waals surface area contributed by atoms with E-state index >= 15 is 0 Å². The summed E-state index contributed by atoms with van der Waals surface area (Å²) < 4.78 is 0. The van der Waals surface area contributed by atoms with Gasteiger partial charge in [0.2, 0.25) is 0 Å². The van der Waals surface area contributed by atoms with Crippen LogP contribution in [-0.2, 0) is 12.8 Å². The third-order valence-electron chi connectivity index (χ3n) is 8.40. The molecule has 1 fully saturated rings. The van der Waals surface area contributed by atoms with Crippen LogP contribution < -0.4 is 5.32 Å². The molecule has 37 heavy (non-hydrogen) atoms. The van der Waals surface area contributed by atoms with E-state index in [1.807, 2.05) is 48.5 Å². The summed E-state index contributed by atoms with van der Waals surface area (Å²) >= 11 is 5.98. The molecule has 0 unspecified atom stereocenters. The fourth-order valence-corrected chi connectivity index (χ4v) is 6.29. The highest BCUT2D eigenvalue weighted by Crippen LogP contribution is 2.35. The smallest absolute Gasteiger partial charge is 0.251 e. The molecule has 1 saturated heterocycles. The lowest BCUT2D eigenvalue weighted by molar-refractivity contribution is 0.0952. The summed E-state index contributed by atoms with van der Waals surface area (Å²) in [5, 5.41) is 3.81. The average Bonchev–Trinajstić information content (AvgIpc) is 2.94. The zero-order chi connectivity index (χ0) is 25.6. The Hall–Kier alpha value is -2.62. The number of nitrogens with zero attached hydrogens (tertiary/aromatic N) is 1. The highest BCUT2D eigenvalue weighted by atomic mass is 35.5. The van der Waals surface area contributed by atoms with Gasteiger partial charge in [-0.05, 0) is 141 Å². The van der Waals surface area contributed by atoms with E-state index in [-0.39, 0.29) is 5.91 Å². The van der Waals surface area contributed by atoms with Crippen molar-refractivity contribution in [1.82, 2.24) is 10.2 Å². The fourth-order valence-electron chi connectivity index (χ4n) is 6.16. The number of aryl methyl sites for hydroxylation is 1. The third-order valence-corrected chi connectivity index (χ3v) is 8.65. The number of rotatable bonds is 8. The number of carbonyl (C=O) groups excluding carboxylic acids is 1. The Labute approximate surface area is 227 Å². The van der Waals surface area contributed by atoms with Crippen LogP contribution in [-0.4, -0.2) is 37.0 Å². The molecule has 0 saturated carbocycles. The predicted octanol–water partition coefficient (Wildman–Crippen LogP) is 7.58. The molecule has 3 aromatic carbocycles. The molecule has 0 spiro atoms. The van der Waals surface area contributed by atoms with Crippen LogP contribution in [0.15, 0.2) is 60.7 Å². The van der Waals surface area contributed by atoms with Crippen LogP contribution in [0.4, 0.5) is 0 Å².